The van der Waals surface area contributed by atoms with Crippen LogP contribution in [0.25, 0.3) is 10.9 Å². The molecule has 1 atom stereocenters. The number of nitrogens with one attached hydrogen (secondary N) is 1. The predicted molar refractivity (Wildman–Crippen MR) is 63.1 cm³/mol. The molecule has 2 heterocycles. The van der Waals surface area contributed by atoms with E-state index < -0.39 is 11.9 Å². The van der Waals surface area contributed by atoms with Gasteiger partial charge in [0.25, 0.3) is 0 Å². The minimum Gasteiger partial charge on any atom is -0.376 e. The van der Waals surface area contributed by atoms with Crippen molar-refractivity contribution in [1.82, 2.24) is 4.98 Å². The van der Waals surface area contributed by atoms with E-state index in [4.69, 9.17) is 9.47 Å². The van der Waals surface area contributed by atoms with Crippen LogP contribution >= 0.6 is 0 Å². The minimum atomic E-state index is -0.641. The fourth-order valence-corrected chi connectivity index (χ4v) is 2.15. The topological polar surface area (TPSA) is 51.3 Å². The quantitative estimate of drug-likeness (QED) is 0.827. The molecule has 3 rings (SSSR count). The number of hydrogen-bond donors (Lipinski definition) is 1. The summed E-state index contributed by atoms with van der Waals surface area (Å²) in [5.41, 5.74) is 0.925. The van der Waals surface area contributed by atoms with Crippen molar-refractivity contribution in [1.29, 1.82) is 0 Å². The molecule has 1 saturated heterocycles. The van der Waals surface area contributed by atoms with E-state index in [-0.39, 0.29) is 12.4 Å². The second-order valence-corrected chi connectivity index (χ2v) is 4.16. The van der Waals surface area contributed by atoms with Gasteiger partial charge in [-0.05, 0) is 12.1 Å². The Balaban J connectivity index is 2.01. The van der Waals surface area contributed by atoms with E-state index in [1.54, 1.807) is 12.1 Å². The van der Waals surface area contributed by atoms with Crippen LogP contribution in [0.2, 0.25) is 0 Å². The van der Waals surface area contributed by atoms with Crippen LogP contribution in [0.4, 0.5) is 4.39 Å². The third kappa shape index (κ3) is 1.81. The lowest BCUT2D eigenvalue weighted by Crippen LogP contribution is -2.35. The summed E-state index contributed by atoms with van der Waals surface area (Å²) in [5.74, 6) is -0.653. The maximum absolute atomic E-state index is 13.8. The molecule has 0 spiro atoms. The standard InChI is InChI=1S/C13H12FNO3/c14-9-2-1-3-10-12(9)8(6-15-10)13(16)11-7-17-4-5-18-11/h1-3,6,11,15H,4-5,7H2. The van der Waals surface area contributed by atoms with Crippen LogP contribution in [0.1, 0.15) is 10.4 Å². The average Bonchev–Trinajstić information content (AvgIpc) is 2.84. The van der Waals surface area contributed by atoms with Crippen LogP contribution in [0.5, 0.6) is 0 Å². The van der Waals surface area contributed by atoms with Crippen molar-refractivity contribution in [2.75, 3.05) is 19.8 Å². The number of ether oxygens (including phenoxy) is 2. The number of fused-ring (bicyclic) bond motifs is 1. The molecule has 1 fully saturated rings. The van der Waals surface area contributed by atoms with Gasteiger partial charge in [0.1, 0.15) is 11.9 Å². The number of rotatable bonds is 2. The molecule has 2 aromatic rings. The molecule has 1 aromatic carbocycles. The van der Waals surface area contributed by atoms with Crippen LogP contribution in [-0.4, -0.2) is 36.7 Å². The number of hydrogen-bond acceptors (Lipinski definition) is 3. The number of Topliss-reactive ketones (excluding diaryl/α,β-unsaturated/α-hetero) is 1. The Morgan fingerprint density at radius 2 is 2.28 bits per heavy atom. The van der Waals surface area contributed by atoms with Crippen molar-refractivity contribution in [3.05, 3.63) is 35.8 Å². The second-order valence-electron chi connectivity index (χ2n) is 4.16. The fourth-order valence-electron chi connectivity index (χ4n) is 2.15. The summed E-state index contributed by atoms with van der Waals surface area (Å²) in [6.45, 7) is 1.10. The largest absolute Gasteiger partial charge is 0.376 e. The molecule has 5 heteroatoms. The summed E-state index contributed by atoms with van der Waals surface area (Å²) < 4.78 is 24.3. The molecule has 1 aliphatic heterocycles. The highest BCUT2D eigenvalue weighted by Gasteiger charge is 2.26. The minimum absolute atomic E-state index is 0.222. The summed E-state index contributed by atoms with van der Waals surface area (Å²) in [6, 6.07) is 4.67. The van der Waals surface area contributed by atoms with Crippen molar-refractivity contribution in [2.24, 2.45) is 0 Å². The third-order valence-electron chi connectivity index (χ3n) is 3.03. The van der Waals surface area contributed by atoms with Gasteiger partial charge >= 0.3 is 0 Å². The number of benzene rings is 1. The Labute approximate surface area is 103 Å². The number of ketones is 1. The summed E-state index contributed by atoms with van der Waals surface area (Å²) in [5, 5.41) is 0.316. The van der Waals surface area contributed by atoms with Gasteiger partial charge in [0.15, 0.2) is 5.78 Å². The van der Waals surface area contributed by atoms with Gasteiger partial charge in [-0.25, -0.2) is 4.39 Å². The fraction of sp³-hybridized carbons (Fsp3) is 0.308. The molecule has 4 nitrogen and oxygen atoms in total. The van der Waals surface area contributed by atoms with E-state index in [2.05, 4.69) is 4.98 Å². The molecule has 94 valence electrons. The van der Waals surface area contributed by atoms with E-state index in [0.717, 1.165) is 0 Å². The molecule has 1 N–H and O–H groups in total. The summed E-state index contributed by atoms with van der Waals surface area (Å²) >= 11 is 0. The second kappa shape index (κ2) is 4.51. The lowest BCUT2D eigenvalue weighted by atomic mass is 10.0. The highest BCUT2D eigenvalue weighted by molar-refractivity contribution is 6.10. The van der Waals surface area contributed by atoms with Gasteiger partial charge in [-0.2, -0.15) is 0 Å². The van der Waals surface area contributed by atoms with Gasteiger partial charge < -0.3 is 14.5 Å². The lowest BCUT2D eigenvalue weighted by molar-refractivity contribution is -0.0718. The van der Waals surface area contributed by atoms with Gasteiger partial charge in [0.05, 0.1) is 19.8 Å². The molecule has 0 radical (unpaired) electrons. The Bertz CT molecular complexity index is 587. The first-order chi connectivity index (χ1) is 8.77. The van der Waals surface area contributed by atoms with E-state index in [0.29, 0.717) is 29.7 Å². The normalized spacial score (nSPS) is 20.2. The molecular formula is C13H12FNO3. The van der Waals surface area contributed by atoms with E-state index in [1.807, 2.05) is 0 Å². The number of carbonyl (C=O) groups is 1. The molecule has 1 unspecified atom stereocenters. The number of carbonyl (C=O) groups excluding carboxylic acids is 1. The number of H-pyrrole nitrogens is 1. The Morgan fingerprint density at radius 3 is 3.06 bits per heavy atom. The Morgan fingerprint density at radius 1 is 1.39 bits per heavy atom. The van der Waals surface area contributed by atoms with Gasteiger partial charge in [-0.1, -0.05) is 6.07 Å². The molecule has 0 bridgehead atoms. The zero-order valence-electron chi connectivity index (χ0n) is 9.61. The molecule has 1 aliphatic rings. The van der Waals surface area contributed by atoms with Crippen LogP contribution in [0.3, 0.4) is 0 Å². The average molecular weight is 249 g/mol. The van der Waals surface area contributed by atoms with Crippen molar-refractivity contribution >= 4 is 16.7 Å². The first kappa shape index (κ1) is 11.4. The van der Waals surface area contributed by atoms with Gasteiger partial charge in [-0.3, -0.25) is 4.79 Å². The van der Waals surface area contributed by atoms with Crippen molar-refractivity contribution in [3.8, 4) is 0 Å². The molecule has 0 amide bonds. The van der Waals surface area contributed by atoms with Crippen molar-refractivity contribution in [3.63, 3.8) is 0 Å². The van der Waals surface area contributed by atoms with Crippen molar-refractivity contribution in [2.45, 2.75) is 6.10 Å². The molecule has 0 saturated carbocycles. The van der Waals surface area contributed by atoms with Crippen molar-refractivity contribution < 1.29 is 18.7 Å². The summed E-state index contributed by atoms with van der Waals surface area (Å²) in [4.78, 5) is 15.1. The molecular weight excluding hydrogens is 237 g/mol. The number of aromatic amines is 1. The van der Waals surface area contributed by atoms with E-state index in [1.165, 1.54) is 12.3 Å². The number of aromatic nitrogens is 1. The highest BCUT2D eigenvalue weighted by Crippen LogP contribution is 2.23. The maximum atomic E-state index is 13.8. The lowest BCUT2D eigenvalue weighted by Gasteiger charge is -2.21. The summed E-state index contributed by atoms with van der Waals surface area (Å²) in [7, 11) is 0. The summed E-state index contributed by atoms with van der Waals surface area (Å²) in [6.07, 6.45) is 0.881. The zero-order chi connectivity index (χ0) is 12.5. The Hall–Kier alpha value is -1.72. The van der Waals surface area contributed by atoms with Gasteiger partial charge in [0.2, 0.25) is 0 Å². The van der Waals surface area contributed by atoms with Crippen LogP contribution in [0.15, 0.2) is 24.4 Å². The first-order valence-corrected chi connectivity index (χ1v) is 5.76. The van der Waals surface area contributed by atoms with Gasteiger partial charge in [-0.15, -0.1) is 0 Å². The van der Waals surface area contributed by atoms with E-state index in [9.17, 15) is 9.18 Å². The molecule has 1 aromatic heterocycles. The smallest absolute Gasteiger partial charge is 0.196 e. The van der Waals surface area contributed by atoms with Gasteiger partial charge in [0, 0.05) is 22.7 Å². The number of halogens is 1. The highest BCUT2D eigenvalue weighted by atomic mass is 19.1. The zero-order valence-corrected chi connectivity index (χ0v) is 9.61. The monoisotopic (exact) mass is 249 g/mol. The predicted octanol–water partition coefficient (Wildman–Crippen LogP) is 1.91. The van der Waals surface area contributed by atoms with Crippen LogP contribution in [0, 0.1) is 5.82 Å². The Kier molecular flexibility index (Phi) is 2.85. The van der Waals surface area contributed by atoms with E-state index >= 15 is 0 Å². The SMILES string of the molecule is O=C(c1c[nH]c2cccc(F)c12)C1COCCO1. The van der Waals surface area contributed by atoms with Crippen LogP contribution < -0.4 is 0 Å². The molecule has 0 aliphatic carbocycles. The first-order valence-electron chi connectivity index (χ1n) is 5.76. The van der Waals surface area contributed by atoms with Crippen LogP contribution in [-0.2, 0) is 9.47 Å². The third-order valence-corrected chi connectivity index (χ3v) is 3.03. The molecule has 18 heavy (non-hydrogen) atoms. The maximum Gasteiger partial charge on any atom is 0.196 e.